The van der Waals surface area contributed by atoms with Crippen molar-refractivity contribution in [2.24, 2.45) is 5.14 Å². The smallest absolute Gasteiger partial charge is 0.255 e. The molecule has 1 amide bonds. The quantitative estimate of drug-likeness (QED) is 0.896. The Morgan fingerprint density at radius 2 is 1.52 bits per heavy atom. The average Bonchev–Trinajstić information content (AvgIpc) is 2.37. The van der Waals surface area contributed by atoms with Crippen LogP contribution in [0, 0.1) is 0 Å². The first-order valence-electron chi connectivity index (χ1n) is 5.66. The molecule has 21 heavy (non-hydrogen) atoms. The van der Waals surface area contributed by atoms with Crippen molar-refractivity contribution >= 4 is 44.8 Å². The van der Waals surface area contributed by atoms with Crippen LogP contribution >= 0.6 is 23.2 Å². The van der Waals surface area contributed by atoms with Crippen LogP contribution in [-0.2, 0) is 10.0 Å². The maximum atomic E-state index is 12.0. The normalized spacial score (nSPS) is 11.2. The Labute approximate surface area is 131 Å². The van der Waals surface area contributed by atoms with Gasteiger partial charge < -0.3 is 5.32 Å². The number of rotatable bonds is 3. The third-order valence-electron chi connectivity index (χ3n) is 2.57. The molecule has 2 aromatic carbocycles. The van der Waals surface area contributed by atoms with Crippen LogP contribution in [0.15, 0.2) is 47.4 Å². The van der Waals surface area contributed by atoms with Gasteiger partial charge in [-0.2, -0.15) is 0 Å². The lowest BCUT2D eigenvalue weighted by atomic mass is 10.2. The number of carbonyl (C=O) groups is 1. The Hall–Kier alpha value is -1.60. The number of benzene rings is 2. The molecule has 2 aromatic rings. The Balaban J connectivity index is 2.20. The van der Waals surface area contributed by atoms with Gasteiger partial charge in [0.05, 0.1) is 4.90 Å². The second kappa shape index (κ2) is 6.03. The Morgan fingerprint density at radius 1 is 1.00 bits per heavy atom. The fraction of sp³-hybridized carbons (Fsp3) is 0. The van der Waals surface area contributed by atoms with Gasteiger partial charge in [0.15, 0.2) is 0 Å². The molecule has 0 spiro atoms. The molecule has 0 aromatic heterocycles. The second-order valence-corrected chi connectivity index (χ2v) is 6.62. The molecule has 0 fully saturated rings. The first-order chi connectivity index (χ1) is 9.75. The van der Waals surface area contributed by atoms with E-state index < -0.39 is 15.9 Å². The zero-order chi connectivity index (χ0) is 15.6. The van der Waals surface area contributed by atoms with Gasteiger partial charge in [-0.3, -0.25) is 4.79 Å². The largest absolute Gasteiger partial charge is 0.322 e. The van der Waals surface area contributed by atoms with Crippen LogP contribution < -0.4 is 10.5 Å². The zero-order valence-electron chi connectivity index (χ0n) is 10.5. The van der Waals surface area contributed by atoms with E-state index in [1.165, 1.54) is 42.5 Å². The van der Waals surface area contributed by atoms with Gasteiger partial charge in [-0.15, -0.1) is 0 Å². The van der Waals surface area contributed by atoms with E-state index in [-0.39, 0.29) is 4.90 Å². The summed E-state index contributed by atoms with van der Waals surface area (Å²) in [5.41, 5.74) is 0.714. The van der Waals surface area contributed by atoms with Crippen LogP contribution in [0.1, 0.15) is 10.4 Å². The molecule has 0 aliphatic heterocycles. The van der Waals surface area contributed by atoms with Gasteiger partial charge in [-0.05, 0) is 42.5 Å². The molecule has 2 rings (SSSR count). The number of primary sulfonamides is 1. The number of nitrogens with two attached hydrogens (primary N) is 1. The maximum Gasteiger partial charge on any atom is 0.255 e. The molecule has 0 saturated heterocycles. The van der Waals surface area contributed by atoms with Crippen LogP contribution in [0.25, 0.3) is 0 Å². The average molecular weight is 345 g/mol. The van der Waals surface area contributed by atoms with Gasteiger partial charge in [0, 0.05) is 21.3 Å². The van der Waals surface area contributed by atoms with Crippen LogP contribution in [-0.4, -0.2) is 14.3 Å². The van der Waals surface area contributed by atoms with E-state index in [1.54, 1.807) is 0 Å². The van der Waals surface area contributed by atoms with Gasteiger partial charge in [0.2, 0.25) is 10.0 Å². The topological polar surface area (TPSA) is 89.3 Å². The van der Waals surface area contributed by atoms with Gasteiger partial charge >= 0.3 is 0 Å². The SMILES string of the molecule is NS(=O)(=O)c1ccc(NC(=O)c2cc(Cl)cc(Cl)c2)cc1. The summed E-state index contributed by atoms with van der Waals surface area (Å²) in [4.78, 5) is 12.0. The molecule has 0 unspecified atom stereocenters. The predicted octanol–water partition coefficient (Wildman–Crippen LogP) is 2.89. The highest BCUT2D eigenvalue weighted by Gasteiger charge is 2.10. The molecule has 0 saturated carbocycles. The summed E-state index contributed by atoms with van der Waals surface area (Å²) in [6.45, 7) is 0. The second-order valence-electron chi connectivity index (χ2n) is 4.18. The van der Waals surface area contributed by atoms with Crippen molar-refractivity contribution < 1.29 is 13.2 Å². The van der Waals surface area contributed by atoms with Crippen molar-refractivity contribution in [1.82, 2.24) is 0 Å². The van der Waals surface area contributed by atoms with Crippen LogP contribution in [0.2, 0.25) is 10.0 Å². The molecule has 0 bridgehead atoms. The Bertz CT molecular complexity index is 769. The molecule has 0 atom stereocenters. The molecule has 0 heterocycles. The van der Waals surface area contributed by atoms with Gasteiger partial charge in [0.25, 0.3) is 5.91 Å². The van der Waals surface area contributed by atoms with Crippen molar-refractivity contribution in [3.05, 3.63) is 58.1 Å². The highest BCUT2D eigenvalue weighted by molar-refractivity contribution is 7.89. The van der Waals surface area contributed by atoms with Crippen molar-refractivity contribution in [2.45, 2.75) is 4.90 Å². The number of nitrogens with one attached hydrogen (secondary N) is 1. The molecule has 8 heteroatoms. The molecule has 0 aliphatic carbocycles. The lowest BCUT2D eigenvalue weighted by Crippen LogP contribution is -2.13. The fourth-order valence-electron chi connectivity index (χ4n) is 1.62. The summed E-state index contributed by atoms with van der Waals surface area (Å²) in [5, 5.41) is 8.28. The molecule has 3 N–H and O–H groups in total. The fourth-order valence-corrected chi connectivity index (χ4v) is 2.66. The molecular formula is C13H10Cl2N2O3S. The van der Waals surface area contributed by atoms with E-state index in [9.17, 15) is 13.2 Å². The van der Waals surface area contributed by atoms with Crippen molar-refractivity contribution in [3.8, 4) is 0 Å². The van der Waals surface area contributed by atoms with Crippen LogP contribution in [0.4, 0.5) is 5.69 Å². The van der Waals surface area contributed by atoms with Crippen molar-refractivity contribution in [1.29, 1.82) is 0 Å². The Kier molecular flexibility index (Phi) is 4.53. The minimum absolute atomic E-state index is 0.0358. The van der Waals surface area contributed by atoms with E-state index in [0.29, 0.717) is 21.3 Å². The van der Waals surface area contributed by atoms with E-state index >= 15 is 0 Å². The third-order valence-corrected chi connectivity index (χ3v) is 3.93. The summed E-state index contributed by atoms with van der Waals surface area (Å²) < 4.78 is 22.2. The monoisotopic (exact) mass is 344 g/mol. The number of hydrogen-bond acceptors (Lipinski definition) is 3. The third kappa shape index (κ3) is 4.18. The number of sulfonamides is 1. The standard InChI is InChI=1S/C13H10Cl2N2O3S/c14-9-5-8(6-10(15)7-9)13(18)17-11-1-3-12(4-2-11)21(16,19)20/h1-7H,(H,17,18)(H2,16,19,20). The number of anilines is 1. The van der Waals surface area contributed by atoms with E-state index in [4.69, 9.17) is 28.3 Å². The number of carbonyl (C=O) groups excluding carboxylic acids is 1. The number of amides is 1. The van der Waals surface area contributed by atoms with Gasteiger partial charge in [-0.25, -0.2) is 13.6 Å². The van der Waals surface area contributed by atoms with E-state index in [0.717, 1.165) is 0 Å². The zero-order valence-corrected chi connectivity index (χ0v) is 12.8. The molecule has 0 aliphatic rings. The van der Waals surface area contributed by atoms with Gasteiger partial charge in [-0.1, -0.05) is 23.2 Å². The summed E-state index contributed by atoms with van der Waals surface area (Å²) in [6.07, 6.45) is 0. The maximum absolute atomic E-state index is 12.0. The first kappa shape index (κ1) is 15.8. The summed E-state index contributed by atoms with van der Waals surface area (Å²) in [7, 11) is -3.76. The summed E-state index contributed by atoms with van der Waals surface area (Å²) >= 11 is 11.6. The predicted molar refractivity (Wildman–Crippen MR) is 82.2 cm³/mol. The molecule has 0 radical (unpaired) electrons. The minimum Gasteiger partial charge on any atom is -0.322 e. The highest BCUT2D eigenvalue weighted by atomic mass is 35.5. The lowest BCUT2D eigenvalue weighted by molar-refractivity contribution is 0.102. The van der Waals surface area contributed by atoms with E-state index in [1.807, 2.05) is 0 Å². The first-order valence-corrected chi connectivity index (χ1v) is 7.96. The molecular weight excluding hydrogens is 335 g/mol. The van der Waals surface area contributed by atoms with Gasteiger partial charge in [0.1, 0.15) is 0 Å². The highest BCUT2D eigenvalue weighted by Crippen LogP contribution is 2.20. The van der Waals surface area contributed by atoms with Crippen LogP contribution in [0.5, 0.6) is 0 Å². The molecule has 110 valence electrons. The van der Waals surface area contributed by atoms with Crippen molar-refractivity contribution in [3.63, 3.8) is 0 Å². The lowest BCUT2D eigenvalue weighted by Gasteiger charge is -2.07. The van der Waals surface area contributed by atoms with Crippen molar-refractivity contribution in [2.75, 3.05) is 5.32 Å². The minimum atomic E-state index is -3.76. The summed E-state index contributed by atoms with van der Waals surface area (Å²) in [6, 6.07) is 9.93. The Morgan fingerprint density at radius 3 is 2.00 bits per heavy atom. The number of hydrogen-bond donors (Lipinski definition) is 2. The van der Waals surface area contributed by atoms with E-state index in [2.05, 4.69) is 5.32 Å². The summed E-state index contributed by atoms with van der Waals surface area (Å²) in [5.74, 6) is -0.414. The van der Waals surface area contributed by atoms with Crippen LogP contribution in [0.3, 0.4) is 0 Å². The molecule has 5 nitrogen and oxygen atoms in total. The number of halogens is 2.